The lowest BCUT2D eigenvalue weighted by atomic mass is 10.1. The Balaban J connectivity index is 1.63. The quantitative estimate of drug-likeness (QED) is 0.841. The maximum Gasteiger partial charge on any atom is 0.229 e. The fourth-order valence-electron chi connectivity index (χ4n) is 3.02. The number of halogens is 1. The first kappa shape index (κ1) is 17.7. The van der Waals surface area contributed by atoms with E-state index < -0.39 is 0 Å². The van der Waals surface area contributed by atoms with E-state index in [-0.39, 0.29) is 24.2 Å². The van der Waals surface area contributed by atoms with Gasteiger partial charge in [-0.05, 0) is 54.8 Å². The van der Waals surface area contributed by atoms with E-state index in [0.29, 0.717) is 13.1 Å². The summed E-state index contributed by atoms with van der Waals surface area (Å²) in [7, 11) is 0. The third-order valence-electron chi connectivity index (χ3n) is 4.62. The summed E-state index contributed by atoms with van der Waals surface area (Å²) in [5.41, 5.74) is 4.16. The SMILES string of the molecule is Cc1ccc(NC(=O)[C@H]2CC(=O)N(Cc3cccc(Br)c3)C2)cc1C. The Morgan fingerprint density at radius 2 is 2.00 bits per heavy atom. The van der Waals surface area contributed by atoms with Gasteiger partial charge in [-0.2, -0.15) is 0 Å². The van der Waals surface area contributed by atoms with Crippen LogP contribution in [0.2, 0.25) is 0 Å². The Bertz CT molecular complexity index is 819. The van der Waals surface area contributed by atoms with Crippen LogP contribution in [0.25, 0.3) is 0 Å². The van der Waals surface area contributed by atoms with Crippen molar-refractivity contribution in [1.29, 1.82) is 0 Å². The van der Waals surface area contributed by atoms with Crippen molar-refractivity contribution < 1.29 is 9.59 Å². The van der Waals surface area contributed by atoms with Gasteiger partial charge in [0.05, 0.1) is 5.92 Å². The van der Waals surface area contributed by atoms with Gasteiger partial charge in [-0.25, -0.2) is 0 Å². The molecule has 0 radical (unpaired) electrons. The molecule has 2 aromatic rings. The number of likely N-dealkylation sites (tertiary alicyclic amines) is 1. The highest BCUT2D eigenvalue weighted by Crippen LogP contribution is 2.23. The number of hydrogen-bond acceptors (Lipinski definition) is 2. The molecular weight excluding hydrogens is 380 g/mol. The molecule has 1 aliphatic heterocycles. The number of benzene rings is 2. The first-order valence-corrected chi connectivity index (χ1v) is 9.12. The third kappa shape index (κ3) is 4.28. The highest BCUT2D eigenvalue weighted by atomic mass is 79.9. The minimum atomic E-state index is -0.304. The van der Waals surface area contributed by atoms with Crippen LogP contribution in [-0.2, 0) is 16.1 Å². The standard InChI is InChI=1S/C20H21BrN2O2/c1-13-6-7-18(8-14(13)2)22-20(25)16-10-19(24)23(12-16)11-15-4-3-5-17(21)9-15/h3-9,16H,10-12H2,1-2H3,(H,22,25)/t16-/m0/s1. The molecule has 130 valence electrons. The van der Waals surface area contributed by atoms with Crippen molar-refractivity contribution in [1.82, 2.24) is 4.90 Å². The summed E-state index contributed by atoms with van der Waals surface area (Å²) in [4.78, 5) is 26.5. The van der Waals surface area contributed by atoms with Crippen LogP contribution >= 0.6 is 15.9 Å². The molecule has 1 aliphatic rings. The second kappa shape index (κ2) is 7.40. The zero-order valence-corrected chi connectivity index (χ0v) is 16.0. The van der Waals surface area contributed by atoms with Crippen LogP contribution in [0.3, 0.4) is 0 Å². The van der Waals surface area contributed by atoms with Crippen molar-refractivity contribution >= 4 is 33.4 Å². The van der Waals surface area contributed by atoms with E-state index >= 15 is 0 Å². The number of carbonyl (C=O) groups excluding carboxylic acids is 2. The molecule has 1 fully saturated rings. The van der Waals surface area contributed by atoms with E-state index in [1.807, 2.05) is 56.3 Å². The van der Waals surface area contributed by atoms with Gasteiger partial charge in [0.1, 0.15) is 0 Å². The third-order valence-corrected chi connectivity index (χ3v) is 5.12. The molecule has 1 atom stereocenters. The first-order valence-electron chi connectivity index (χ1n) is 8.32. The molecule has 0 spiro atoms. The van der Waals surface area contributed by atoms with Crippen LogP contribution in [0.1, 0.15) is 23.1 Å². The van der Waals surface area contributed by atoms with Crippen molar-refractivity contribution in [3.63, 3.8) is 0 Å². The van der Waals surface area contributed by atoms with Crippen molar-refractivity contribution in [3.05, 3.63) is 63.6 Å². The summed E-state index contributed by atoms with van der Waals surface area (Å²) in [6.45, 7) is 5.05. The number of anilines is 1. The van der Waals surface area contributed by atoms with Crippen LogP contribution in [0, 0.1) is 19.8 Å². The average Bonchev–Trinajstić information content (AvgIpc) is 2.92. The lowest BCUT2D eigenvalue weighted by molar-refractivity contribution is -0.128. The van der Waals surface area contributed by atoms with Crippen molar-refractivity contribution in [2.24, 2.45) is 5.92 Å². The highest BCUT2D eigenvalue weighted by molar-refractivity contribution is 9.10. The van der Waals surface area contributed by atoms with Gasteiger partial charge in [-0.15, -0.1) is 0 Å². The molecule has 2 aromatic carbocycles. The van der Waals surface area contributed by atoms with Crippen molar-refractivity contribution in [2.45, 2.75) is 26.8 Å². The Morgan fingerprint density at radius 1 is 1.20 bits per heavy atom. The van der Waals surface area contributed by atoms with E-state index in [9.17, 15) is 9.59 Å². The fraction of sp³-hybridized carbons (Fsp3) is 0.300. The van der Waals surface area contributed by atoms with E-state index in [0.717, 1.165) is 21.3 Å². The number of carbonyl (C=O) groups is 2. The molecular formula is C20H21BrN2O2. The molecule has 5 heteroatoms. The molecule has 0 aliphatic carbocycles. The summed E-state index contributed by atoms with van der Waals surface area (Å²) in [5.74, 6) is -0.366. The van der Waals surface area contributed by atoms with E-state index in [2.05, 4.69) is 21.2 Å². The van der Waals surface area contributed by atoms with Crippen LogP contribution in [-0.4, -0.2) is 23.3 Å². The minimum Gasteiger partial charge on any atom is -0.338 e. The Morgan fingerprint density at radius 3 is 2.72 bits per heavy atom. The highest BCUT2D eigenvalue weighted by Gasteiger charge is 2.34. The molecule has 0 bridgehead atoms. The number of hydrogen-bond donors (Lipinski definition) is 1. The summed E-state index contributed by atoms with van der Waals surface area (Å²) in [6, 6.07) is 13.7. The maximum atomic E-state index is 12.5. The molecule has 3 rings (SSSR count). The molecule has 0 aromatic heterocycles. The molecule has 2 amide bonds. The summed E-state index contributed by atoms with van der Waals surface area (Å²) >= 11 is 3.44. The molecule has 0 saturated carbocycles. The lowest BCUT2D eigenvalue weighted by Crippen LogP contribution is -2.28. The predicted molar refractivity (Wildman–Crippen MR) is 102 cm³/mol. The van der Waals surface area contributed by atoms with Crippen LogP contribution in [0.4, 0.5) is 5.69 Å². The minimum absolute atomic E-state index is 0.0280. The average molecular weight is 401 g/mol. The molecule has 1 N–H and O–H groups in total. The number of rotatable bonds is 4. The van der Waals surface area contributed by atoms with Gasteiger partial charge in [-0.1, -0.05) is 34.1 Å². The number of aryl methyl sites for hydroxylation is 2. The zero-order valence-electron chi connectivity index (χ0n) is 14.4. The lowest BCUT2D eigenvalue weighted by Gasteiger charge is -2.17. The second-order valence-corrected chi connectivity index (χ2v) is 7.51. The zero-order chi connectivity index (χ0) is 18.0. The van der Waals surface area contributed by atoms with Gasteiger partial charge >= 0.3 is 0 Å². The number of nitrogens with zero attached hydrogens (tertiary/aromatic N) is 1. The molecule has 1 saturated heterocycles. The second-order valence-electron chi connectivity index (χ2n) is 6.59. The number of amides is 2. The van der Waals surface area contributed by atoms with E-state index in [4.69, 9.17) is 0 Å². The Labute approximate surface area is 156 Å². The van der Waals surface area contributed by atoms with Crippen LogP contribution < -0.4 is 5.32 Å². The molecule has 25 heavy (non-hydrogen) atoms. The van der Waals surface area contributed by atoms with E-state index in [1.54, 1.807) is 4.90 Å². The summed E-state index contributed by atoms with van der Waals surface area (Å²) in [6.07, 6.45) is 0.269. The van der Waals surface area contributed by atoms with Gasteiger partial charge in [0, 0.05) is 29.7 Å². The topological polar surface area (TPSA) is 49.4 Å². The Kier molecular flexibility index (Phi) is 5.23. The normalized spacial score (nSPS) is 17.0. The summed E-state index contributed by atoms with van der Waals surface area (Å²) < 4.78 is 0.987. The van der Waals surface area contributed by atoms with Crippen LogP contribution in [0.5, 0.6) is 0 Å². The number of nitrogens with one attached hydrogen (secondary N) is 1. The van der Waals surface area contributed by atoms with Crippen molar-refractivity contribution in [2.75, 3.05) is 11.9 Å². The Hall–Kier alpha value is -2.14. The largest absolute Gasteiger partial charge is 0.338 e. The molecule has 0 unspecified atom stereocenters. The van der Waals surface area contributed by atoms with Gasteiger partial charge in [0.2, 0.25) is 11.8 Å². The van der Waals surface area contributed by atoms with E-state index in [1.165, 1.54) is 5.56 Å². The van der Waals surface area contributed by atoms with Gasteiger partial charge in [0.25, 0.3) is 0 Å². The fourth-order valence-corrected chi connectivity index (χ4v) is 3.47. The smallest absolute Gasteiger partial charge is 0.229 e. The van der Waals surface area contributed by atoms with Gasteiger partial charge < -0.3 is 10.2 Å². The maximum absolute atomic E-state index is 12.5. The monoisotopic (exact) mass is 400 g/mol. The first-order chi connectivity index (χ1) is 11.9. The molecule has 4 nitrogen and oxygen atoms in total. The predicted octanol–water partition coefficient (Wildman–Crippen LogP) is 4.05. The van der Waals surface area contributed by atoms with Gasteiger partial charge in [0.15, 0.2) is 0 Å². The summed E-state index contributed by atoms with van der Waals surface area (Å²) in [5, 5.41) is 2.94. The van der Waals surface area contributed by atoms with Gasteiger partial charge in [-0.3, -0.25) is 9.59 Å². The van der Waals surface area contributed by atoms with Crippen molar-refractivity contribution in [3.8, 4) is 0 Å². The molecule has 1 heterocycles. The van der Waals surface area contributed by atoms with Crippen LogP contribution in [0.15, 0.2) is 46.9 Å².